The molecule has 3 saturated carbocycles. The van der Waals surface area contributed by atoms with E-state index in [9.17, 15) is 9.59 Å². The quantitative estimate of drug-likeness (QED) is 0.167. The van der Waals surface area contributed by atoms with E-state index in [1.54, 1.807) is 0 Å². The number of allylic oxidation sites excluding steroid dienone is 1. The predicted molar refractivity (Wildman–Crippen MR) is 166 cm³/mol. The second kappa shape index (κ2) is 10.3. The van der Waals surface area contributed by atoms with E-state index in [4.69, 9.17) is 4.43 Å². The molecule has 0 aliphatic heterocycles. The summed E-state index contributed by atoms with van der Waals surface area (Å²) in [5.41, 5.74) is 0.727. The molecule has 0 aromatic heterocycles. The molecule has 0 bridgehead atoms. The topological polar surface area (TPSA) is 43.4 Å². The molecule has 3 nitrogen and oxygen atoms in total. The summed E-state index contributed by atoms with van der Waals surface area (Å²) >= 11 is 0. The molecule has 7 rings (SSSR count). The highest BCUT2D eigenvalue weighted by molar-refractivity contribution is 7.07. The van der Waals surface area contributed by atoms with Crippen molar-refractivity contribution in [3.63, 3.8) is 0 Å². The third kappa shape index (κ3) is 4.09. The zero-order valence-electron chi connectivity index (χ0n) is 24.0. The average molecular weight is 561 g/mol. The highest BCUT2D eigenvalue weighted by atomic mass is 28.4. The lowest BCUT2D eigenvalue weighted by molar-refractivity contribution is -0.134. The first-order chi connectivity index (χ1) is 20.0. The lowest BCUT2D eigenvalue weighted by Crippen LogP contribution is -2.70. The van der Waals surface area contributed by atoms with Crippen molar-refractivity contribution >= 4 is 35.9 Å². The van der Waals surface area contributed by atoms with Crippen molar-refractivity contribution in [2.45, 2.75) is 64.4 Å². The van der Waals surface area contributed by atoms with Gasteiger partial charge in [-0.2, -0.15) is 0 Å². The number of carbonyl (C=O) groups is 2. The minimum atomic E-state index is -2.83. The molecule has 4 aliphatic carbocycles. The number of hydrogen-bond donors (Lipinski definition) is 0. The minimum Gasteiger partial charge on any atom is -0.401 e. The van der Waals surface area contributed by atoms with E-state index >= 15 is 0 Å². The van der Waals surface area contributed by atoms with Gasteiger partial charge in [0.15, 0.2) is 0 Å². The fraction of sp³-hybridized carbons (Fsp3) is 0.405. The second-order valence-electron chi connectivity index (χ2n) is 13.2. The summed E-state index contributed by atoms with van der Waals surface area (Å²) in [5.74, 6) is 1.67. The lowest BCUT2D eigenvalue weighted by Gasteiger charge is -2.56. The molecule has 0 heterocycles. The van der Waals surface area contributed by atoms with E-state index in [-0.39, 0.29) is 11.5 Å². The second-order valence-corrected chi connectivity index (χ2v) is 16.5. The Labute approximate surface area is 245 Å². The number of carbonyl (C=O) groups excluding carboxylic acids is 2. The molecule has 4 aliphatic rings. The Balaban J connectivity index is 1.26. The molecule has 0 amide bonds. The molecule has 41 heavy (non-hydrogen) atoms. The predicted octanol–water partition coefficient (Wildman–Crippen LogP) is 5.75. The fourth-order valence-corrected chi connectivity index (χ4v) is 13.5. The lowest BCUT2D eigenvalue weighted by atomic mass is 9.48. The maximum absolute atomic E-state index is 13.1. The van der Waals surface area contributed by atoms with Crippen LogP contribution in [0.15, 0.2) is 103 Å². The van der Waals surface area contributed by atoms with Gasteiger partial charge in [-0.15, -0.1) is 0 Å². The summed E-state index contributed by atoms with van der Waals surface area (Å²) in [5, 5.41) is 3.75. The Morgan fingerprint density at radius 3 is 1.93 bits per heavy atom. The van der Waals surface area contributed by atoms with Gasteiger partial charge in [-0.05, 0) is 78.3 Å². The Bertz CT molecular complexity index is 1350. The standard InChI is InChI=1S/C37H40O3Si/c1-36-23-22-34-32(33(36)19-20-35(36)39)18-17-27-25-28(21-24-37(27,34)26-38)40-41(29-11-5-2-6-12-29,30-13-7-3-8-14-30)31-15-9-4-10-16-31/h2-17,26,28,32-34H,18-25H2,1H3/t28-,32-,33-,34-,36-,37+/m0/s1. The molecule has 3 fully saturated rings. The van der Waals surface area contributed by atoms with E-state index < -0.39 is 13.7 Å². The number of ketones is 1. The Hall–Kier alpha value is -3.08. The molecule has 0 N–H and O–H groups in total. The molecular formula is C37H40O3Si. The maximum atomic E-state index is 13.1. The Morgan fingerprint density at radius 2 is 1.37 bits per heavy atom. The molecular weight excluding hydrogens is 520 g/mol. The number of aldehydes is 1. The van der Waals surface area contributed by atoms with Gasteiger partial charge in [0.2, 0.25) is 0 Å². The van der Waals surface area contributed by atoms with Crippen LogP contribution < -0.4 is 15.6 Å². The maximum Gasteiger partial charge on any atom is 0.288 e. The van der Waals surface area contributed by atoms with E-state index in [1.807, 2.05) is 0 Å². The zero-order chi connectivity index (χ0) is 28.1. The van der Waals surface area contributed by atoms with Crippen molar-refractivity contribution in [2.75, 3.05) is 0 Å². The van der Waals surface area contributed by atoms with Crippen LogP contribution in [-0.2, 0) is 14.0 Å². The summed E-state index contributed by atoms with van der Waals surface area (Å²) < 4.78 is 7.55. The highest BCUT2D eigenvalue weighted by Gasteiger charge is 2.60. The van der Waals surface area contributed by atoms with Crippen molar-refractivity contribution in [2.24, 2.45) is 28.6 Å². The van der Waals surface area contributed by atoms with Gasteiger partial charge < -0.3 is 9.22 Å². The molecule has 0 spiro atoms. The number of rotatable bonds is 6. The zero-order valence-corrected chi connectivity index (χ0v) is 25.0. The summed E-state index contributed by atoms with van der Waals surface area (Å²) in [7, 11) is -2.83. The van der Waals surface area contributed by atoms with Crippen LogP contribution in [0.1, 0.15) is 58.3 Å². The Morgan fingerprint density at radius 1 is 0.780 bits per heavy atom. The molecule has 4 heteroatoms. The van der Waals surface area contributed by atoms with Gasteiger partial charge in [0.25, 0.3) is 8.32 Å². The van der Waals surface area contributed by atoms with Crippen LogP contribution >= 0.6 is 0 Å². The molecule has 0 radical (unpaired) electrons. The van der Waals surface area contributed by atoms with Gasteiger partial charge in [0.1, 0.15) is 12.1 Å². The van der Waals surface area contributed by atoms with Gasteiger partial charge >= 0.3 is 0 Å². The van der Waals surface area contributed by atoms with Gasteiger partial charge in [0, 0.05) is 17.9 Å². The first kappa shape index (κ1) is 26.8. The van der Waals surface area contributed by atoms with Crippen LogP contribution in [0.2, 0.25) is 0 Å². The van der Waals surface area contributed by atoms with Crippen LogP contribution in [0.3, 0.4) is 0 Å². The number of Topliss-reactive ketones (excluding diaryl/α,β-unsaturated/α-hetero) is 1. The fourth-order valence-electron chi connectivity index (χ4n) is 9.40. The first-order valence-electron chi connectivity index (χ1n) is 15.5. The van der Waals surface area contributed by atoms with E-state index in [0.29, 0.717) is 23.5 Å². The molecule has 3 aromatic rings. The van der Waals surface area contributed by atoms with Gasteiger partial charge in [-0.25, -0.2) is 0 Å². The van der Waals surface area contributed by atoms with Gasteiger partial charge in [-0.3, -0.25) is 4.79 Å². The first-order valence-corrected chi connectivity index (χ1v) is 17.5. The normalized spacial score (nSPS) is 32.8. The summed E-state index contributed by atoms with van der Waals surface area (Å²) in [6.07, 6.45) is 10.9. The number of fused-ring (bicyclic) bond motifs is 5. The van der Waals surface area contributed by atoms with E-state index in [0.717, 1.165) is 51.4 Å². The highest BCUT2D eigenvalue weighted by Crippen LogP contribution is 2.63. The number of benzene rings is 3. The van der Waals surface area contributed by atoms with Crippen LogP contribution in [0, 0.1) is 28.6 Å². The van der Waals surface area contributed by atoms with Gasteiger partial charge in [-0.1, -0.05) is 110 Å². The Kier molecular flexibility index (Phi) is 6.75. The van der Waals surface area contributed by atoms with E-state index in [1.165, 1.54) is 27.4 Å². The van der Waals surface area contributed by atoms with Crippen molar-refractivity contribution in [3.05, 3.63) is 103 Å². The summed E-state index contributed by atoms with van der Waals surface area (Å²) in [4.78, 5) is 26.0. The van der Waals surface area contributed by atoms with Crippen molar-refractivity contribution in [1.82, 2.24) is 0 Å². The third-order valence-corrected chi connectivity index (χ3v) is 15.6. The van der Waals surface area contributed by atoms with Crippen LogP contribution in [0.5, 0.6) is 0 Å². The van der Waals surface area contributed by atoms with Gasteiger partial charge in [0.05, 0.1) is 5.41 Å². The molecule has 3 aromatic carbocycles. The third-order valence-electron chi connectivity index (χ3n) is 11.5. The van der Waals surface area contributed by atoms with Crippen molar-refractivity contribution < 1.29 is 14.0 Å². The van der Waals surface area contributed by atoms with E-state index in [2.05, 4.69) is 104 Å². The minimum absolute atomic E-state index is 0.0417. The summed E-state index contributed by atoms with van der Waals surface area (Å²) in [6, 6.07) is 32.4. The monoisotopic (exact) mass is 560 g/mol. The summed E-state index contributed by atoms with van der Waals surface area (Å²) in [6.45, 7) is 2.21. The van der Waals surface area contributed by atoms with Crippen molar-refractivity contribution in [1.29, 1.82) is 0 Å². The smallest absolute Gasteiger partial charge is 0.288 e. The molecule has 6 atom stereocenters. The average Bonchev–Trinajstić information content (AvgIpc) is 3.34. The van der Waals surface area contributed by atoms with Crippen molar-refractivity contribution in [3.8, 4) is 0 Å². The molecule has 0 saturated heterocycles. The molecule has 0 unspecified atom stereocenters. The van der Waals surface area contributed by atoms with Crippen LogP contribution in [-0.4, -0.2) is 26.5 Å². The van der Waals surface area contributed by atoms with Crippen LogP contribution in [0.4, 0.5) is 0 Å². The molecule has 210 valence electrons. The largest absolute Gasteiger partial charge is 0.401 e. The SMILES string of the molecule is C[C@]12CC[C@H]3[C@@H](CC=C4C[C@@H](O[Si](c5ccccc5)(c5ccccc5)c5ccccc5)CC[C@@]43C=O)[C@@H]1CCC2=O. The number of hydrogen-bond acceptors (Lipinski definition) is 3. The van der Waals surface area contributed by atoms with Crippen LogP contribution in [0.25, 0.3) is 0 Å².